The van der Waals surface area contributed by atoms with Crippen LogP contribution in [0.2, 0.25) is 0 Å². The van der Waals surface area contributed by atoms with E-state index in [0.29, 0.717) is 11.0 Å². The van der Waals surface area contributed by atoms with Gasteiger partial charge in [0, 0.05) is 19.3 Å². The topological polar surface area (TPSA) is 100 Å². The maximum Gasteiger partial charge on any atom is 0.273 e. The summed E-state index contributed by atoms with van der Waals surface area (Å²) >= 11 is 0. The third-order valence-electron chi connectivity index (χ3n) is 3.51. The standard InChI is InChI=1S/C14H20N4O3/c1-7(19)6-15-11(20)5-10-8(2)12-13(16-9(10)3)18(4)17-14(12)21/h7,19H,5-6H2,1-4H3,(H,15,20)(H,17,21). The molecule has 1 unspecified atom stereocenters. The van der Waals surface area contributed by atoms with Gasteiger partial charge in [0.25, 0.3) is 5.56 Å². The predicted octanol–water partition coefficient (Wildman–Crippen LogP) is -0.0821. The van der Waals surface area contributed by atoms with E-state index in [4.69, 9.17) is 0 Å². The Labute approximate surface area is 122 Å². The van der Waals surface area contributed by atoms with Crippen LogP contribution in [0.4, 0.5) is 0 Å². The van der Waals surface area contributed by atoms with Gasteiger partial charge in [0.15, 0.2) is 5.65 Å². The Balaban J connectivity index is 2.38. The molecule has 1 amide bonds. The molecule has 0 aromatic carbocycles. The highest BCUT2D eigenvalue weighted by Gasteiger charge is 2.17. The van der Waals surface area contributed by atoms with Crippen molar-refractivity contribution >= 4 is 16.9 Å². The van der Waals surface area contributed by atoms with Gasteiger partial charge in [0.1, 0.15) is 0 Å². The lowest BCUT2D eigenvalue weighted by Crippen LogP contribution is -2.32. The van der Waals surface area contributed by atoms with Gasteiger partial charge in [-0.25, -0.2) is 4.98 Å². The Morgan fingerprint density at radius 1 is 1.48 bits per heavy atom. The first-order valence-corrected chi connectivity index (χ1v) is 6.80. The molecular formula is C14H20N4O3. The highest BCUT2D eigenvalue weighted by atomic mass is 16.3. The number of H-pyrrole nitrogens is 1. The minimum Gasteiger partial charge on any atom is -0.392 e. The lowest BCUT2D eigenvalue weighted by Gasteiger charge is -2.11. The number of hydrogen-bond acceptors (Lipinski definition) is 4. The summed E-state index contributed by atoms with van der Waals surface area (Å²) in [6.45, 7) is 5.46. The lowest BCUT2D eigenvalue weighted by molar-refractivity contribution is -0.120. The van der Waals surface area contributed by atoms with Crippen molar-refractivity contribution in [3.8, 4) is 0 Å². The number of nitrogens with zero attached hydrogens (tertiary/aromatic N) is 2. The predicted molar refractivity (Wildman–Crippen MR) is 79.2 cm³/mol. The summed E-state index contributed by atoms with van der Waals surface area (Å²) in [5.74, 6) is -0.199. The van der Waals surface area contributed by atoms with Crippen LogP contribution in [-0.4, -0.2) is 38.4 Å². The molecule has 3 N–H and O–H groups in total. The number of aryl methyl sites for hydroxylation is 3. The zero-order chi connectivity index (χ0) is 15.7. The van der Waals surface area contributed by atoms with Gasteiger partial charge >= 0.3 is 0 Å². The first-order valence-electron chi connectivity index (χ1n) is 6.80. The zero-order valence-corrected chi connectivity index (χ0v) is 12.6. The zero-order valence-electron chi connectivity index (χ0n) is 12.6. The number of pyridine rings is 1. The fourth-order valence-corrected chi connectivity index (χ4v) is 2.39. The van der Waals surface area contributed by atoms with Crippen molar-refractivity contribution in [3.05, 3.63) is 27.2 Å². The molecular weight excluding hydrogens is 272 g/mol. The molecule has 0 aliphatic heterocycles. The van der Waals surface area contributed by atoms with E-state index in [9.17, 15) is 14.7 Å². The van der Waals surface area contributed by atoms with E-state index in [-0.39, 0.29) is 24.4 Å². The Bertz CT molecular complexity index is 743. The summed E-state index contributed by atoms with van der Waals surface area (Å²) < 4.78 is 1.58. The van der Waals surface area contributed by atoms with Crippen LogP contribution in [-0.2, 0) is 18.3 Å². The number of carbonyl (C=O) groups excluding carboxylic acids is 1. The number of carbonyl (C=O) groups is 1. The van der Waals surface area contributed by atoms with Crippen molar-refractivity contribution in [2.45, 2.75) is 33.3 Å². The minimum absolute atomic E-state index is 0.141. The molecule has 0 spiro atoms. The Hall–Kier alpha value is -2.15. The van der Waals surface area contributed by atoms with E-state index in [1.807, 2.05) is 13.8 Å². The molecule has 1 atom stereocenters. The van der Waals surface area contributed by atoms with Crippen LogP contribution in [0.25, 0.3) is 11.0 Å². The van der Waals surface area contributed by atoms with E-state index in [0.717, 1.165) is 16.8 Å². The molecule has 0 fully saturated rings. The Morgan fingerprint density at radius 2 is 2.14 bits per heavy atom. The quantitative estimate of drug-likeness (QED) is 0.733. The highest BCUT2D eigenvalue weighted by molar-refractivity contribution is 5.84. The van der Waals surface area contributed by atoms with Gasteiger partial charge in [0.2, 0.25) is 5.91 Å². The molecule has 7 nitrogen and oxygen atoms in total. The van der Waals surface area contributed by atoms with Crippen LogP contribution >= 0.6 is 0 Å². The number of amides is 1. The number of nitrogens with one attached hydrogen (secondary N) is 2. The normalized spacial score (nSPS) is 12.6. The molecule has 2 aromatic heterocycles. The highest BCUT2D eigenvalue weighted by Crippen LogP contribution is 2.20. The summed E-state index contributed by atoms with van der Waals surface area (Å²) in [4.78, 5) is 28.2. The smallest absolute Gasteiger partial charge is 0.273 e. The van der Waals surface area contributed by atoms with E-state index in [1.165, 1.54) is 0 Å². The first-order chi connectivity index (χ1) is 9.81. The molecule has 0 aliphatic carbocycles. The van der Waals surface area contributed by atoms with Crippen molar-refractivity contribution in [1.82, 2.24) is 20.1 Å². The van der Waals surface area contributed by atoms with E-state index >= 15 is 0 Å². The van der Waals surface area contributed by atoms with Crippen LogP contribution in [0, 0.1) is 13.8 Å². The van der Waals surface area contributed by atoms with Gasteiger partial charge in [-0.2, -0.15) is 0 Å². The molecule has 2 heterocycles. The average Bonchev–Trinajstić information content (AvgIpc) is 2.67. The first kappa shape index (κ1) is 15.2. The van der Waals surface area contributed by atoms with Crippen LogP contribution < -0.4 is 10.9 Å². The second-order valence-corrected chi connectivity index (χ2v) is 5.33. The number of aromatic nitrogens is 3. The van der Waals surface area contributed by atoms with Gasteiger partial charge in [-0.05, 0) is 31.9 Å². The number of aliphatic hydroxyl groups is 1. The molecule has 0 radical (unpaired) electrons. The summed E-state index contributed by atoms with van der Waals surface area (Å²) in [6, 6.07) is 0. The summed E-state index contributed by atoms with van der Waals surface area (Å²) in [5, 5.41) is 15.0. The number of aromatic amines is 1. The van der Waals surface area contributed by atoms with Crippen molar-refractivity contribution in [2.75, 3.05) is 6.54 Å². The molecule has 21 heavy (non-hydrogen) atoms. The van der Waals surface area contributed by atoms with Gasteiger partial charge in [-0.1, -0.05) is 0 Å². The second kappa shape index (κ2) is 5.69. The van der Waals surface area contributed by atoms with Crippen LogP contribution in [0.15, 0.2) is 4.79 Å². The van der Waals surface area contributed by atoms with Crippen molar-refractivity contribution in [3.63, 3.8) is 0 Å². The third-order valence-corrected chi connectivity index (χ3v) is 3.51. The Morgan fingerprint density at radius 3 is 2.76 bits per heavy atom. The molecule has 2 aromatic rings. The lowest BCUT2D eigenvalue weighted by atomic mass is 10.0. The number of aliphatic hydroxyl groups excluding tert-OH is 1. The third kappa shape index (κ3) is 2.97. The largest absolute Gasteiger partial charge is 0.392 e. The van der Waals surface area contributed by atoms with Gasteiger partial charge in [-0.15, -0.1) is 0 Å². The van der Waals surface area contributed by atoms with Crippen molar-refractivity contribution in [1.29, 1.82) is 0 Å². The van der Waals surface area contributed by atoms with E-state index in [1.54, 1.807) is 18.7 Å². The SMILES string of the molecule is Cc1nc2c(c(C)c1CC(=O)NCC(C)O)c(=O)[nH]n2C. The maximum absolute atomic E-state index is 11.9. The number of hydrogen-bond donors (Lipinski definition) is 3. The molecule has 0 aliphatic rings. The second-order valence-electron chi connectivity index (χ2n) is 5.33. The average molecular weight is 292 g/mol. The van der Waals surface area contributed by atoms with Crippen molar-refractivity contribution < 1.29 is 9.90 Å². The summed E-state index contributed by atoms with van der Waals surface area (Å²) in [5.41, 5.74) is 2.63. The van der Waals surface area contributed by atoms with Crippen LogP contribution in [0.5, 0.6) is 0 Å². The van der Waals surface area contributed by atoms with Crippen LogP contribution in [0.1, 0.15) is 23.7 Å². The molecule has 0 saturated carbocycles. The van der Waals surface area contributed by atoms with E-state index in [2.05, 4.69) is 15.4 Å². The summed E-state index contributed by atoms with van der Waals surface area (Å²) in [7, 11) is 1.73. The fraction of sp³-hybridized carbons (Fsp3) is 0.500. The molecule has 0 saturated heterocycles. The number of fused-ring (bicyclic) bond motifs is 1. The monoisotopic (exact) mass is 292 g/mol. The van der Waals surface area contributed by atoms with Gasteiger partial charge in [-0.3, -0.25) is 19.4 Å². The van der Waals surface area contributed by atoms with Gasteiger partial charge in [0.05, 0.1) is 17.9 Å². The molecule has 2 rings (SSSR count). The van der Waals surface area contributed by atoms with Crippen molar-refractivity contribution in [2.24, 2.45) is 7.05 Å². The van der Waals surface area contributed by atoms with E-state index < -0.39 is 6.10 Å². The minimum atomic E-state index is -0.589. The fourth-order valence-electron chi connectivity index (χ4n) is 2.39. The molecule has 114 valence electrons. The van der Waals surface area contributed by atoms with Gasteiger partial charge < -0.3 is 10.4 Å². The summed E-state index contributed by atoms with van der Waals surface area (Å²) in [6.07, 6.45) is -0.449. The molecule has 7 heteroatoms. The number of rotatable bonds is 4. The maximum atomic E-state index is 11.9. The van der Waals surface area contributed by atoms with Crippen LogP contribution in [0.3, 0.4) is 0 Å². The Kier molecular flexibility index (Phi) is 4.13. The molecule has 0 bridgehead atoms.